The van der Waals surface area contributed by atoms with Gasteiger partial charge in [-0.05, 0) is 30.3 Å². The average Bonchev–Trinajstić information content (AvgIpc) is 3.03. The van der Waals surface area contributed by atoms with Crippen LogP contribution in [-0.2, 0) is 16.6 Å². The van der Waals surface area contributed by atoms with E-state index in [9.17, 15) is 8.42 Å². The third-order valence-electron chi connectivity index (χ3n) is 3.80. The van der Waals surface area contributed by atoms with Crippen LogP contribution in [0.4, 0.5) is 0 Å². The first kappa shape index (κ1) is 17.0. The molecule has 2 aromatic rings. The fraction of sp³-hybridized carbons (Fsp3) is 0.333. The standard InChI is InChI=1S/C15H16BrClN2O3S/c16-12-3-4-14(17)15(10-12)23(20,21)19-7-5-18(6-8-19)11-13-2-1-9-22-13/h1-4,9-10H,5-8,11H2. The van der Waals surface area contributed by atoms with Crippen molar-refractivity contribution in [1.29, 1.82) is 0 Å². The third kappa shape index (κ3) is 3.80. The lowest BCUT2D eigenvalue weighted by molar-refractivity contribution is 0.171. The molecule has 8 heteroatoms. The molecule has 0 spiro atoms. The smallest absolute Gasteiger partial charge is 0.244 e. The molecule has 0 saturated carbocycles. The number of rotatable bonds is 4. The number of sulfonamides is 1. The molecular weight excluding hydrogens is 404 g/mol. The Morgan fingerprint density at radius 1 is 1.17 bits per heavy atom. The van der Waals surface area contributed by atoms with E-state index in [4.69, 9.17) is 16.0 Å². The molecule has 0 unspecified atom stereocenters. The van der Waals surface area contributed by atoms with Gasteiger partial charge in [0.25, 0.3) is 0 Å². The Hall–Kier alpha value is -0.860. The van der Waals surface area contributed by atoms with Crippen molar-refractivity contribution in [3.8, 4) is 0 Å². The lowest BCUT2D eigenvalue weighted by atomic mass is 10.3. The summed E-state index contributed by atoms with van der Waals surface area (Å²) >= 11 is 9.37. The first-order chi connectivity index (χ1) is 11.0. The van der Waals surface area contributed by atoms with Crippen molar-refractivity contribution in [2.24, 2.45) is 0 Å². The van der Waals surface area contributed by atoms with Crippen LogP contribution in [0.3, 0.4) is 0 Å². The molecule has 1 aliphatic heterocycles. The van der Waals surface area contributed by atoms with Crippen LogP contribution in [0.1, 0.15) is 5.76 Å². The minimum atomic E-state index is -3.58. The molecule has 0 aliphatic carbocycles. The molecule has 5 nitrogen and oxygen atoms in total. The maximum atomic E-state index is 12.8. The summed E-state index contributed by atoms with van der Waals surface area (Å²) in [5.74, 6) is 0.886. The Morgan fingerprint density at radius 3 is 2.57 bits per heavy atom. The second-order valence-corrected chi connectivity index (χ2v) is 8.56. The Bertz CT molecular complexity index is 772. The molecule has 23 heavy (non-hydrogen) atoms. The van der Waals surface area contributed by atoms with Gasteiger partial charge in [0.05, 0.1) is 17.8 Å². The Kier molecular flexibility index (Phi) is 5.13. The molecule has 0 amide bonds. The SMILES string of the molecule is O=S(=O)(c1cc(Br)ccc1Cl)N1CCN(Cc2ccco2)CC1. The first-order valence-electron chi connectivity index (χ1n) is 7.17. The number of furan rings is 1. The molecule has 0 bridgehead atoms. The van der Waals surface area contributed by atoms with Crippen LogP contribution in [0.5, 0.6) is 0 Å². The Labute approximate surface area is 149 Å². The van der Waals surface area contributed by atoms with Gasteiger partial charge in [-0.1, -0.05) is 27.5 Å². The van der Waals surface area contributed by atoms with E-state index >= 15 is 0 Å². The summed E-state index contributed by atoms with van der Waals surface area (Å²) in [4.78, 5) is 2.32. The van der Waals surface area contributed by atoms with E-state index in [1.165, 1.54) is 4.31 Å². The number of halogens is 2. The summed E-state index contributed by atoms with van der Waals surface area (Å²) in [6.45, 7) is 2.88. The van der Waals surface area contributed by atoms with Crippen molar-refractivity contribution >= 4 is 37.6 Å². The average molecular weight is 420 g/mol. The van der Waals surface area contributed by atoms with Gasteiger partial charge < -0.3 is 4.42 Å². The van der Waals surface area contributed by atoms with Crippen molar-refractivity contribution in [1.82, 2.24) is 9.21 Å². The quantitative estimate of drug-likeness (QED) is 0.764. The minimum Gasteiger partial charge on any atom is -0.468 e. The van der Waals surface area contributed by atoms with Crippen LogP contribution in [0.2, 0.25) is 5.02 Å². The molecule has 1 aromatic heterocycles. The normalized spacial score (nSPS) is 17.5. The van der Waals surface area contributed by atoms with Crippen LogP contribution in [0.25, 0.3) is 0 Å². The van der Waals surface area contributed by atoms with E-state index in [2.05, 4.69) is 20.8 Å². The molecule has 1 saturated heterocycles. The van der Waals surface area contributed by atoms with E-state index in [1.54, 1.807) is 24.5 Å². The van der Waals surface area contributed by atoms with Crippen molar-refractivity contribution in [2.75, 3.05) is 26.2 Å². The van der Waals surface area contributed by atoms with Gasteiger partial charge >= 0.3 is 0 Å². The molecule has 0 atom stereocenters. The zero-order valence-electron chi connectivity index (χ0n) is 12.3. The molecular formula is C15H16BrClN2O3S. The predicted octanol–water partition coefficient (Wildman–Crippen LogP) is 3.20. The van der Waals surface area contributed by atoms with E-state index in [-0.39, 0.29) is 9.92 Å². The van der Waals surface area contributed by atoms with Gasteiger partial charge in [0, 0.05) is 30.7 Å². The second kappa shape index (κ2) is 6.94. The van der Waals surface area contributed by atoms with Crippen LogP contribution < -0.4 is 0 Å². The number of nitrogens with zero attached hydrogens (tertiary/aromatic N) is 2. The summed E-state index contributed by atoms with van der Waals surface area (Å²) in [6.07, 6.45) is 1.64. The van der Waals surface area contributed by atoms with E-state index in [0.717, 1.165) is 5.76 Å². The van der Waals surface area contributed by atoms with Crippen molar-refractivity contribution in [3.05, 3.63) is 51.9 Å². The van der Waals surface area contributed by atoms with Gasteiger partial charge in [0.15, 0.2) is 0 Å². The van der Waals surface area contributed by atoms with E-state index in [1.807, 2.05) is 12.1 Å². The van der Waals surface area contributed by atoms with E-state index in [0.29, 0.717) is 37.2 Å². The number of piperazine rings is 1. The van der Waals surface area contributed by atoms with Crippen LogP contribution in [-0.4, -0.2) is 43.8 Å². The van der Waals surface area contributed by atoms with Gasteiger partial charge in [0.2, 0.25) is 10.0 Å². The summed E-state index contributed by atoms with van der Waals surface area (Å²) in [5, 5.41) is 0.242. The third-order valence-corrected chi connectivity index (χ3v) is 6.68. The highest BCUT2D eigenvalue weighted by Gasteiger charge is 2.30. The highest BCUT2D eigenvalue weighted by Crippen LogP contribution is 2.28. The van der Waals surface area contributed by atoms with Gasteiger partial charge in [-0.3, -0.25) is 4.90 Å². The summed E-state index contributed by atoms with van der Waals surface area (Å²) in [6, 6.07) is 8.64. The van der Waals surface area contributed by atoms with Gasteiger partial charge in [-0.25, -0.2) is 8.42 Å². The number of hydrogen-bond donors (Lipinski definition) is 0. The second-order valence-electron chi connectivity index (χ2n) is 5.33. The number of benzene rings is 1. The van der Waals surface area contributed by atoms with Crippen molar-refractivity contribution < 1.29 is 12.8 Å². The lowest BCUT2D eigenvalue weighted by Crippen LogP contribution is -2.48. The van der Waals surface area contributed by atoms with Gasteiger partial charge in [-0.2, -0.15) is 4.31 Å². The van der Waals surface area contributed by atoms with Crippen LogP contribution in [0, 0.1) is 0 Å². The largest absolute Gasteiger partial charge is 0.468 e. The topological polar surface area (TPSA) is 53.8 Å². The van der Waals surface area contributed by atoms with Gasteiger partial charge in [0.1, 0.15) is 10.7 Å². The summed E-state index contributed by atoms with van der Waals surface area (Å²) in [5.41, 5.74) is 0. The maximum absolute atomic E-state index is 12.8. The molecule has 2 heterocycles. The minimum absolute atomic E-state index is 0.146. The van der Waals surface area contributed by atoms with Crippen molar-refractivity contribution in [2.45, 2.75) is 11.4 Å². The summed E-state index contributed by atoms with van der Waals surface area (Å²) < 4.78 is 33.0. The molecule has 3 rings (SSSR count). The molecule has 1 aromatic carbocycles. The molecule has 124 valence electrons. The highest BCUT2D eigenvalue weighted by molar-refractivity contribution is 9.10. The van der Waals surface area contributed by atoms with Gasteiger partial charge in [-0.15, -0.1) is 0 Å². The monoisotopic (exact) mass is 418 g/mol. The Morgan fingerprint density at radius 2 is 1.91 bits per heavy atom. The fourth-order valence-corrected chi connectivity index (χ4v) is 5.00. The lowest BCUT2D eigenvalue weighted by Gasteiger charge is -2.33. The zero-order valence-corrected chi connectivity index (χ0v) is 15.4. The number of hydrogen-bond acceptors (Lipinski definition) is 4. The van der Waals surface area contributed by atoms with Crippen molar-refractivity contribution in [3.63, 3.8) is 0 Å². The Balaban J connectivity index is 1.70. The molecule has 0 radical (unpaired) electrons. The molecule has 1 fully saturated rings. The fourth-order valence-electron chi connectivity index (χ4n) is 2.56. The highest BCUT2D eigenvalue weighted by atomic mass is 79.9. The summed E-state index contributed by atoms with van der Waals surface area (Å²) in [7, 11) is -3.58. The zero-order chi connectivity index (χ0) is 16.4. The van der Waals surface area contributed by atoms with Crippen LogP contribution >= 0.6 is 27.5 Å². The first-order valence-corrected chi connectivity index (χ1v) is 9.78. The maximum Gasteiger partial charge on any atom is 0.244 e. The van der Waals surface area contributed by atoms with E-state index < -0.39 is 10.0 Å². The molecule has 0 N–H and O–H groups in total. The predicted molar refractivity (Wildman–Crippen MR) is 91.9 cm³/mol. The molecule has 1 aliphatic rings. The van der Waals surface area contributed by atoms with Crippen LogP contribution in [0.15, 0.2) is 50.4 Å².